The molecule has 124 valence electrons. The number of hydrogen-bond donors (Lipinski definition) is 2. The van der Waals surface area contributed by atoms with Gasteiger partial charge in [0, 0.05) is 6.61 Å². The smallest absolute Gasteiger partial charge is 0.0853 e. The van der Waals surface area contributed by atoms with E-state index in [0.29, 0.717) is 12.0 Å². The Labute approximate surface area is 131 Å². The van der Waals surface area contributed by atoms with E-state index in [1.165, 1.54) is 57.8 Å². The Kier molecular flexibility index (Phi) is 6.51. The average molecular weight is 296 g/mol. The summed E-state index contributed by atoms with van der Waals surface area (Å²) in [5.74, 6) is 8.38. The molecule has 3 nitrogen and oxygen atoms in total. The number of ether oxygens (including phenoxy) is 1. The molecule has 5 atom stereocenters. The van der Waals surface area contributed by atoms with Crippen molar-refractivity contribution in [3.8, 4) is 0 Å². The zero-order chi connectivity index (χ0) is 15.3. The Balaban J connectivity index is 2.14. The molecule has 2 rings (SSSR count). The highest BCUT2D eigenvalue weighted by Gasteiger charge is 2.46. The molecule has 0 amide bonds. The molecule has 2 aliphatic carbocycles. The Bertz CT molecular complexity index is 306. The minimum Gasteiger partial charge on any atom is -0.374 e. The third-order valence-corrected chi connectivity index (χ3v) is 6.04. The van der Waals surface area contributed by atoms with Crippen LogP contribution in [0.4, 0.5) is 0 Å². The van der Waals surface area contributed by atoms with Gasteiger partial charge in [0.1, 0.15) is 0 Å². The molecule has 0 saturated heterocycles. The molecule has 2 saturated carbocycles. The molecule has 0 aliphatic heterocycles. The number of nitrogens with two attached hydrogens (primary N) is 1. The number of nitrogens with one attached hydrogen (secondary N) is 1. The summed E-state index contributed by atoms with van der Waals surface area (Å²) in [6.45, 7) is 7.63. The van der Waals surface area contributed by atoms with Gasteiger partial charge in [0.25, 0.3) is 0 Å². The zero-order valence-electron chi connectivity index (χ0n) is 14.4. The first-order valence-corrected chi connectivity index (χ1v) is 9.25. The van der Waals surface area contributed by atoms with Gasteiger partial charge in [-0.3, -0.25) is 11.3 Å². The monoisotopic (exact) mass is 296 g/mol. The van der Waals surface area contributed by atoms with Gasteiger partial charge in [0.2, 0.25) is 0 Å². The molecule has 0 radical (unpaired) electrons. The van der Waals surface area contributed by atoms with Gasteiger partial charge in [0.15, 0.2) is 0 Å². The molecular formula is C18H36N2O. The van der Waals surface area contributed by atoms with Crippen molar-refractivity contribution in [3.05, 3.63) is 0 Å². The highest BCUT2D eigenvalue weighted by Crippen LogP contribution is 2.43. The molecule has 3 N–H and O–H groups in total. The van der Waals surface area contributed by atoms with Crippen LogP contribution in [-0.4, -0.2) is 18.2 Å². The van der Waals surface area contributed by atoms with E-state index in [0.717, 1.165) is 18.4 Å². The fraction of sp³-hybridized carbons (Fsp3) is 1.00. The van der Waals surface area contributed by atoms with Gasteiger partial charge in [0.05, 0.1) is 11.6 Å². The van der Waals surface area contributed by atoms with Crippen LogP contribution in [0.25, 0.3) is 0 Å². The van der Waals surface area contributed by atoms with Crippen LogP contribution in [-0.2, 0) is 4.74 Å². The van der Waals surface area contributed by atoms with E-state index in [1.54, 1.807) is 0 Å². The summed E-state index contributed by atoms with van der Waals surface area (Å²) in [7, 11) is 0. The highest BCUT2D eigenvalue weighted by molar-refractivity contribution is 5.00. The summed E-state index contributed by atoms with van der Waals surface area (Å²) >= 11 is 0. The lowest BCUT2D eigenvalue weighted by atomic mass is 9.66. The van der Waals surface area contributed by atoms with Crippen LogP contribution in [0.2, 0.25) is 0 Å². The van der Waals surface area contributed by atoms with Crippen LogP contribution in [0.3, 0.4) is 0 Å². The van der Waals surface area contributed by atoms with Gasteiger partial charge in [-0.25, -0.2) is 0 Å². The fourth-order valence-electron chi connectivity index (χ4n) is 5.06. The maximum atomic E-state index is 6.37. The van der Waals surface area contributed by atoms with E-state index in [9.17, 15) is 0 Å². The second-order valence-corrected chi connectivity index (χ2v) is 7.54. The lowest BCUT2D eigenvalue weighted by Crippen LogP contribution is -2.60. The van der Waals surface area contributed by atoms with E-state index < -0.39 is 0 Å². The minimum atomic E-state index is -0.0263. The summed E-state index contributed by atoms with van der Waals surface area (Å²) in [4.78, 5) is 0. The molecule has 0 bridgehead atoms. The first-order chi connectivity index (χ1) is 10.1. The molecule has 3 heteroatoms. The summed E-state index contributed by atoms with van der Waals surface area (Å²) in [5.41, 5.74) is 3.18. The van der Waals surface area contributed by atoms with Crippen molar-refractivity contribution in [2.24, 2.45) is 23.6 Å². The van der Waals surface area contributed by atoms with Gasteiger partial charge in [-0.15, -0.1) is 0 Å². The molecule has 0 aromatic heterocycles. The molecule has 0 aromatic carbocycles. The SMILES string of the molecule is CCOC1(C(NN)C2CCCC(CC)C2)CCCC(C)C1. The third kappa shape index (κ3) is 4.00. The van der Waals surface area contributed by atoms with Crippen molar-refractivity contribution >= 4 is 0 Å². The van der Waals surface area contributed by atoms with E-state index >= 15 is 0 Å². The van der Waals surface area contributed by atoms with Crippen LogP contribution in [0, 0.1) is 17.8 Å². The predicted molar refractivity (Wildman–Crippen MR) is 88.8 cm³/mol. The van der Waals surface area contributed by atoms with Crippen molar-refractivity contribution in [2.45, 2.75) is 90.2 Å². The van der Waals surface area contributed by atoms with Crippen molar-refractivity contribution < 1.29 is 4.74 Å². The zero-order valence-corrected chi connectivity index (χ0v) is 14.4. The van der Waals surface area contributed by atoms with Crippen molar-refractivity contribution in [1.29, 1.82) is 0 Å². The van der Waals surface area contributed by atoms with Gasteiger partial charge in [-0.1, -0.05) is 46.0 Å². The standard InChI is InChI=1S/C18H36N2O/c1-4-15-9-6-10-16(12-15)17(20-19)18(21-5-2)11-7-8-14(3)13-18/h14-17,20H,4-13,19H2,1-3H3. The molecule has 21 heavy (non-hydrogen) atoms. The molecule has 2 fully saturated rings. The van der Waals surface area contributed by atoms with E-state index in [1.807, 2.05) is 0 Å². The van der Waals surface area contributed by atoms with Crippen LogP contribution in [0.15, 0.2) is 0 Å². The number of hydrazine groups is 1. The average Bonchev–Trinajstić information content (AvgIpc) is 2.48. The molecule has 2 aliphatic rings. The van der Waals surface area contributed by atoms with Gasteiger partial charge >= 0.3 is 0 Å². The van der Waals surface area contributed by atoms with Crippen LogP contribution >= 0.6 is 0 Å². The van der Waals surface area contributed by atoms with E-state index in [4.69, 9.17) is 10.6 Å². The minimum absolute atomic E-state index is 0.0263. The van der Waals surface area contributed by atoms with E-state index in [2.05, 4.69) is 26.2 Å². The lowest BCUT2D eigenvalue weighted by Gasteiger charge is -2.49. The Hall–Kier alpha value is -0.120. The second kappa shape index (κ2) is 7.94. The Morgan fingerprint density at radius 3 is 2.67 bits per heavy atom. The fourth-order valence-corrected chi connectivity index (χ4v) is 5.06. The molecule has 0 spiro atoms. The maximum Gasteiger partial charge on any atom is 0.0853 e. The normalized spacial score (nSPS) is 39.1. The Morgan fingerprint density at radius 2 is 2.05 bits per heavy atom. The van der Waals surface area contributed by atoms with Crippen LogP contribution in [0.5, 0.6) is 0 Å². The highest BCUT2D eigenvalue weighted by atomic mass is 16.5. The third-order valence-electron chi connectivity index (χ3n) is 6.04. The van der Waals surface area contributed by atoms with Gasteiger partial charge in [-0.05, 0) is 50.4 Å². The van der Waals surface area contributed by atoms with Gasteiger partial charge < -0.3 is 4.74 Å². The van der Waals surface area contributed by atoms with Crippen molar-refractivity contribution in [3.63, 3.8) is 0 Å². The van der Waals surface area contributed by atoms with Crippen LogP contribution in [0.1, 0.15) is 78.6 Å². The molecular weight excluding hydrogens is 260 g/mol. The molecule has 0 heterocycles. The summed E-state index contributed by atoms with van der Waals surface area (Å²) in [5, 5.41) is 0. The number of hydrogen-bond acceptors (Lipinski definition) is 3. The first-order valence-electron chi connectivity index (χ1n) is 9.25. The quantitative estimate of drug-likeness (QED) is 0.575. The maximum absolute atomic E-state index is 6.37. The summed E-state index contributed by atoms with van der Waals surface area (Å²) in [6, 6.07) is 0.328. The van der Waals surface area contributed by atoms with Crippen molar-refractivity contribution in [2.75, 3.05) is 6.61 Å². The van der Waals surface area contributed by atoms with Crippen molar-refractivity contribution in [1.82, 2.24) is 5.43 Å². The van der Waals surface area contributed by atoms with Gasteiger partial charge in [-0.2, -0.15) is 0 Å². The largest absolute Gasteiger partial charge is 0.374 e. The predicted octanol–water partition coefficient (Wildman–Crippen LogP) is 4.02. The first kappa shape index (κ1) is 17.2. The number of rotatable bonds is 6. The Morgan fingerprint density at radius 1 is 1.24 bits per heavy atom. The van der Waals surface area contributed by atoms with E-state index in [-0.39, 0.29) is 5.60 Å². The molecule has 0 aromatic rings. The second-order valence-electron chi connectivity index (χ2n) is 7.54. The summed E-state index contributed by atoms with van der Waals surface area (Å²) in [6.07, 6.45) is 11.7. The molecule has 5 unspecified atom stereocenters. The van der Waals surface area contributed by atoms with Crippen LogP contribution < -0.4 is 11.3 Å². The summed E-state index contributed by atoms with van der Waals surface area (Å²) < 4.78 is 6.37. The lowest BCUT2D eigenvalue weighted by molar-refractivity contribution is -0.117. The topological polar surface area (TPSA) is 47.3 Å².